The molecule has 0 aromatic carbocycles. The molecule has 3 amide bonds. The topological polar surface area (TPSA) is 71.3 Å². The Morgan fingerprint density at radius 3 is 2.93 bits per heavy atom. The number of carbonyl (C=O) groups is 2. The van der Waals surface area contributed by atoms with Crippen molar-refractivity contribution < 1.29 is 14.0 Å². The highest BCUT2D eigenvalue weighted by Gasteiger charge is 2.11. The van der Waals surface area contributed by atoms with Gasteiger partial charge in [0.15, 0.2) is 5.76 Å². The predicted molar refractivity (Wildman–Crippen MR) is 49.8 cm³/mol. The van der Waals surface area contributed by atoms with E-state index in [0.29, 0.717) is 6.54 Å². The molecule has 5 heteroatoms. The summed E-state index contributed by atoms with van der Waals surface area (Å²) < 4.78 is 4.79. The maximum atomic E-state index is 11.2. The van der Waals surface area contributed by atoms with Crippen LogP contribution in [0.2, 0.25) is 0 Å². The van der Waals surface area contributed by atoms with Crippen LogP contribution in [0, 0.1) is 0 Å². The molecule has 5 nitrogen and oxygen atoms in total. The molecule has 74 valence electrons. The third-order valence-corrected chi connectivity index (χ3v) is 1.38. The molecule has 0 atom stereocenters. The second-order valence-corrected chi connectivity index (χ2v) is 2.43. The third-order valence-electron chi connectivity index (χ3n) is 1.38. The molecule has 1 heterocycles. The number of rotatable bonds is 3. The Hall–Kier alpha value is -2.04. The number of hydrogen-bond acceptors (Lipinski definition) is 3. The second-order valence-electron chi connectivity index (χ2n) is 2.43. The highest BCUT2D eigenvalue weighted by Crippen LogP contribution is 1.98. The van der Waals surface area contributed by atoms with Crippen LogP contribution in [-0.2, 0) is 0 Å². The van der Waals surface area contributed by atoms with Gasteiger partial charge in [-0.1, -0.05) is 6.08 Å². The molecule has 0 saturated carbocycles. The Balaban J connectivity index is 2.41. The van der Waals surface area contributed by atoms with Gasteiger partial charge in [0.05, 0.1) is 6.26 Å². The van der Waals surface area contributed by atoms with E-state index in [1.54, 1.807) is 6.07 Å². The molecule has 0 saturated heterocycles. The van der Waals surface area contributed by atoms with Gasteiger partial charge in [0, 0.05) is 6.54 Å². The van der Waals surface area contributed by atoms with Crippen LogP contribution in [0.15, 0.2) is 35.5 Å². The summed E-state index contributed by atoms with van der Waals surface area (Å²) in [5, 5.41) is 4.48. The normalized spacial score (nSPS) is 9.14. The molecule has 2 N–H and O–H groups in total. The van der Waals surface area contributed by atoms with Crippen molar-refractivity contribution in [3.8, 4) is 0 Å². The van der Waals surface area contributed by atoms with Gasteiger partial charge in [-0.3, -0.25) is 10.1 Å². The first-order chi connectivity index (χ1) is 6.74. The van der Waals surface area contributed by atoms with Gasteiger partial charge in [-0.25, -0.2) is 4.79 Å². The molecular formula is C9H10N2O3. The van der Waals surface area contributed by atoms with E-state index in [9.17, 15) is 9.59 Å². The molecule has 0 aliphatic rings. The molecule has 0 aliphatic carbocycles. The van der Waals surface area contributed by atoms with Crippen molar-refractivity contribution in [2.24, 2.45) is 0 Å². The first-order valence-corrected chi connectivity index (χ1v) is 3.97. The third kappa shape index (κ3) is 2.78. The van der Waals surface area contributed by atoms with Gasteiger partial charge in [-0.15, -0.1) is 6.58 Å². The smallest absolute Gasteiger partial charge is 0.322 e. The van der Waals surface area contributed by atoms with Crippen LogP contribution < -0.4 is 10.6 Å². The van der Waals surface area contributed by atoms with Crippen LogP contribution in [0.25, 0.3) is 0 Å². The fourth-order valence-corrected chi connectivity index (χ4v) is 0.782. The SMILES string of the molecule is C=CCNC(=O)NC(=O)c1ccco1. The fourth-order valence-electron chi connectivity index (χ4n) is 0.782. The van der Waals surface area contributed by atoms with Crippen molar-refractivity contribution in [2.45, 2.75) is 0 Å². The monoisotopic (exact) mass is 194 g/mol. The van der Waals surface area contributed by atoms with Crippen LogP contribution in [0.4, 0.5) is 4.79 Å². The van der Waals surface area contributed by atoms with E-state index in [1.165, 1.54) is 18.4 Å². The lowest BCUT2D eigenvalue weighted by Crippen LogP contribution is -2.39. The number of furan rings is 1. The standard InChI is InChI=1S/C9H10N2O3/c1-2-5-10-9(13)11-8(12)7-4-3-6-14-7/h2-4,6H,1,5H2,(H2,10,11,12,13). The molecular weight excluding hydrogens is 184 g/mol. The average molecular weight is 194 g/mol. The summed E-state index contributed by atoms with van der Waals surface area (Å²) in [4.78, 5) is 22.2. The lowest BCUT2D eigenvalue weighted by molar-refractivity contribution is 0.0937. The Kier molecular flexibility index (Phi) is 3.49. The minimum absolute atomic E-state index is 0.0961. The Bertz CT molecular complexity index is 330. The van der Waals surface area contributed by atoms with Crippen molar-refractivity contribution in [2.75, 3.05) is 6.54 Å². The molecule has 0 unspecified atom stereocenters. The Morgan fingerprint density at radius 2 is 2.36 bits per heavy atom. The maximum Gasteiger partial charge on any atom is 0.322 e. The summed E-state index contributed by atoms with van der Waals surface area (Å²) >= 11 is 0. The van der Waals surface area contributed by atoms with Crippen LogP contribution in [0.3, 0.4) is 0 Å². The van der Waals surface area contributed by atoms with E-state index in [-0.39, 0.29) is 5.76 Å². The fraction of sp³-hybridized carbons (Fsp3) is 0.111. The first-order valence-electron chi connectivity index (χ1n) is 3.97. The number of nitrogens with one attached hydrogen (secondary N) is 2. The first kappa shape index (κ1) is 10.0. The summed E-state index contributed by atoms with van der Waals surface area (Å²) in [6.07, 6.45) is 2.87. The summed E-state index contributed by atoms with van der Waals surface area (Å²) in [6.45, 7) is 3.72. The van der Waals surface area contributed by atoms with Crippen LogP contribution in [-0.4, -0.2) is 18.5 Å². The van der Waals surface area contributed by atoms with E-state index in [1.807, 2.05) is 0 Å². The predicted octanol–water partition coefficient (Wildman–Crippen LogP) is 0.905. The number of carbonyl (C=O) groups excluding carboxylic acids is 2. The van der Waals surface area contributed by atoms with Gasteiger partial charge < -0.3 is 9.73 Å². The summed E-state index contributed by atoms with van der Waals surface area (Å²) in [5.41, 5.74) is 0. The molecule has 1 aromatic heterocycles. The van der Waals surface area contributed by atoms with Crippen molar-refractivity contribution in [3.63, 3.8) is 0 Å². The number of amides is 3. The molecule has 0 radical (unpaired) electrons. The number of urea groups is 1. The molecule has 0 bridgehead atoms. The highest BCUT2D eigenvalue weighted by atomic mass is 16.3. The Morgan fingerprint density at radius 1 is 1.57 bits per heavy atom. The summed E-state index contributed by atoms with van der Waals surface area (Å²) in [7, 11) is 0. The summed E-state index contributed by atoms with van der Waals surface area (Å²) in [6, 6.07) is 2.46. The zero-order chi connectivity index (χ0) is 10.4. The Labute approximate surface area is 80.8 Å². The van der Waals surface area contributed by atoms with Crippen molar-refractivity contribution in [1.82, 2.24) is 10.6 Å². The zero-order valence-electron chi connectivity index (χ0n) is 7.45. The highest BCUT2D eigenvalue weighted by molar-refractivity contribution is 6.02. The largest absolute Gasteiger partial charge is 0.459 e. The van der Waals surface area contributed by atoms with Gasteiger partial charge >= 0.3 is 6.03 Å². The van der Waals surface area contributed by atoms with Gasteiger partial charge in [-0.2, -0.15) is 0 Å². The second kappa shape index (κ2) is 4.86. The lowest BCUT2D eigenvalue weighted by Gasteiger charge is -2.01. The van der Waals surface area contributed by atoms with Crippen molar-refractivity contribution in [3.05, 3.63) is 36.8 Å². The van der Waals surface area contributed by atoms with Gasteiger partial charge in [-0.05, 0) is 12.1 Å². The van der Waals surface area contributed by atoms with Gasteiger partial charge in [0.25, 0.3) is 5.91 Å². The van der Waals surface area contributed by atoms with E-state index in [2.05, 4.69) is 17.2 Å². The van der Waals surface area contributed by atoms with Crippen LogP contribution >= 0.6 is 0 Å². The number of hydrogen-bond donors (Lipinski definition) is 2. The minimum Gasteiger partial charge on any atom is -0.459 e. The molecule has 0 aliphatic heterocycles. The summed E-state index contributed by atoms with van der Waals surface area (Å²) in [5.74, 6) is -0.477. The van der Waals surface area contributed by atoms with E-state index >= 15 is 0 Å². The quantitative estimate of drug-likeness (QED) is 0.702. The van der Waals surface area contributed by atoms with Crippen LogP contribution in [0.5, 0.6) is 0 Å². The van der Waals surface area contributed by atoms with Gasteiger partial charge in [0.2, 0.25) is 0 Å². The molecule has 1 rings (SSSR count). The van der Waals surface area contributed by atoms with Crippen LogP contribution in [0.1, 0.15) is 10.6 Å². The number of imide groups is 1. The molecule has 0 spiro atoms. The average Bonchev–Trinajstić information content (AvgIpc) is 2.67. The van der Waals surface area contributed by atoms with E-state index < -0.39 is 11.9 Å². The molecule has 0 fully saturated rings. The molecule has 14 heavy (non-hydrogen) atoms. The molecule has 1 aromatic rings. The van der Waals surface area contributed by atoms with Crippen molar-refractivity contribution in [1.29, 1.82) is 0 Å². The van der Waals surface area contributed by atoms with E-state index in [0.717, 1.165) is 0 Å². The minimum atomic E-state index is -0.577. The lowest BCUT2D eigenvalue weighted by atomic mass is 10.4. The van der Waals surface area contributed by atoms with Crippen molar-refractivity contribution >= 4 is 11.9 Å². The zero-order valence-corrected chi connectivity index (χ0v) is 7.45. The van der Waals surface area contributed by atoms with Gasteiger partial charge in [0.1, 0.15) is 0 Å². The van der Waals surface area contributed by atoms with E-state index in [4.69, 9.17) is 4.42 Å². The maximum absolute atomic E-state index is 11.2.